The van der Waals surface area contributed by atoms with Crippen LogP contribution in [0, 0.1) is 5.92 Å². The highest BCUT2D eigenvalue weighted by Crippen LogP contribution is 2.20. The highest BCUT2D eigenvalue weighted by atomic mass is 127. The fourth-order valence-electron chi connectivity index (χ4n) is 1.65. The zero-order valence-corrected chi connectivity index (χ0v) is 12.4. The normalized spacial score (nSPS) is 17.7. The molecule has 0 aliphatic rings. The summed E-state index contributed by atoms with van der Waals surface area (Å²) in [6, 6.07) is 0. The van der Waals surface area contributed by atoms with Crippen molar-refractivity contribution in [3.63, 3.8) is 0 Å². The molecule has 0 aliphatic carbocycles. The van der Waals surface area contributed by atoms with Crippen molar-refractivity contribution >= 4 is 22.6 Å². The fourth-order valence-corrected chi connectivity index (χ4v) is 1.91. The second-order valence-electron chi connectivity index (χ2n) is 4.37. The van der Waals surface area contributed by atoms with Gasteiger partial charge in [0.2, 0.25) is 0 Å². The Morgan fingerprint density at radius 1 is 1.27 bits per heavy atom. The largest absolute Gasteiger partial charge is 0.393 e. The van der Waals surface area contributed by atoms with Gasteiger partial charge in [0.1, 0.15) is 0 Å². The summed E-state index contributed by atoms with van der Waals surface area (Å²) >= 11 is 2.22. The van der Waals surface area contributed by atoms with E-state index in [0.717, 1.165) is 19.3 Å². The molecule has 0 aromatic heterocycles. The SMILES string of the molecule is CC/C=C(\C)C[C@@H](C)[C@H](O)C/C(C)=C/I. The number of halogens is 1. The first-order valence-corrected chi connectivity index (χ1v) is 6.85. The molecule has 88 valence electrons. The molecule has 0 radical (unpaired) electrons. The van der Waals surface area contributed by atoms with E-state index in [9.17, 15) is 5.11 Å². The maximum Gasteiger partial charge on any atom is 0.0606 e. The number of allylic oxidation sites excluding steroid dienone is 2. The van der Waals surface area contributed by atoms with Crippen LogP contribution in [0.25, 0.3) is 0 Å². The van der Waals surface area contributed by atoms with Crippen molar-refractivity contribution in [2.24, 2.45) is 5.92 Å². The molecule has 0 aromatic rings. The molecule has 2 heteroatoms. The Labute approximate surface area is 108 Å². The average molecular weight is 322 g/mol. The van der Waals surface area contributed by atoms with Crippen LogP contribution in [0.15, 0.2) is 21.3 Å². The van der Waals surface area contributed by atoms with Gasteiger partial charge in [-0.3, -0.25) is 0 Å². The standard InChI is InChI=1S/C13H23IO/c1-5-6-10(2)7-12(4)13(15)8-11(3)9-14/h6,9,12-13,15H,5,7-8H2,1-4H3/b10-6+,11-9+/t12-,13-/m1/s1. The minimum atomic E-state index is -0.212. The van der Waals surface area contributed by atoms with Crippen LogP contribution in [0.2, 0.25) is 0 Å². The summed E-state index contributed by atoms with van der Waals surface area (Å²) < 4.78 is 2.04. The number of hydrogen-bond acceptors (Lipinski definition) is 1. The molecule has 0 bridgehead atoms. The Kier molecular flexibility index (Phi) is 8.43. The van der Waals surface area contributed by atoms with Crippen molar-refractivity contribution in [3.05, 3.63) is 21.3 Å². The zero-order chi connectivity index (χ0) is 11.8. The summed E-state index contributed by atoms with van der Waals surface area (Å²) in [6.45, 7) is 8.48. The summed E-state index contributed by atoms with van der Waals surface area (Å²) in [5.41, 5.74) is 2.65. The number of hydrogen-bond donors (Lipinski definition) is 1. The monoisotopic (exact) mass is 322 g/mol. The number of aliphatic hydroxyl groups excluding tert-OH is 1. The lowest BCUT2D eigenvalue weighted by atomic mass is 9.92. The predicted octanol–water partition coefficient (Wildman–Crippen LogP) is 4.46. The topological polar surface area (TPSA) is 20.2 Å². The summed E-state index contributed by atoms with van der Waals surface area (Å²) in [5.74, 6) is 0.346. The maximum absolute atomic E-state index is 9.96. The molecule has 0 heterocycles. The minimum Gasteiger partial charge on any atom is -0.393 e. The molecule has 0 saturated carbocycles. The lowest BCUT2D eigenvalue weighted by Crippen LogP contribution is -2.18. The van der Waals surface area contributed by atoms with E-state index in [1.807, 2.05) is 4.08 Å². The summed E-state index contributed by atoms with van der Waals surface area (Å²) in [4.78, 5) is 0. The van der Waals surface area contributed by atoms with E-state index in [2.05, 4.69) is 56.4 Å². The maximum atomic E-state index is 9.96. The van der Waals surface area contributed by atoms with Crippen LogP contribution in [-0.2, 0) is 0 Å². The molecule has 1 nitrogen and oxygen atoms in total. The molecular formula is C13H23IO. The minimum absolute atomic E-state index is 0.212. The quantitative estimate of drug-likeness (QED) is 0.565. The van der Waals surface area contributed by atoms with Gasteiger partial charge in [-0.1, -0.05) is 53.7 Å². The van der Waals surface area contributed by atoms with Gasteiger partial charge in [-0.15, -0.1) is 0 Å². The molecule has 0 rings (SSSR count). The average Bonchev–Trinajstić information content (AvgIpc) is 2.17. The highest BCUT2D eigenvalue weighted by Gasteiger charge is 2.14. The third kappa shape index (κ3) is 7.12. The second kappa shape index (κ2) is 8.34. The first-order valence-electron chi connectivity index (χ1n) is 5.60. The second-order valence-corrected chi connectivity index (χ2v) is 4.99. The van der Waals surface area contributed by atoms with Gasteiger partial charge in [-0.05, 0) is 43.1 Å². The molecule has 2 atom stereocenters. The molecule has 0 fully saturated rings. The van der Waals surface area contributed by atoms with Gasteiger partial charge in [-0.25, -0.2) is 0 Å². The first-order chi connectivity index (χ1) is 7.01. The highest BCUT2D eigenvalue weighted by molar-refractivity contribution is 14.1. The van der Waals surface area contributed by atoms with Crippen LogP contribution < -0.4 is 0 Å². The van der Waals surface area contributed by atoms with Gasteiger partial charge < -0.3 is 5.11 Å². The zero-order valence-electron chi connectivity index (χ0n) is 10.3. The van der Waals surface area contributed by atoms with Crippen LogP contribution >= 0.6 is 22.6 Å². The van der Waals surface area contributed by atoms with E-state index in [1.54, 1.807) is 0 Å². The third-order valence-corrected chi connectivity index (χ3v) is 3.63. The molecule has 15 heavy (non-hydrogen) atoms. The Hall–Kier alpha value is 0.170. The fraction of sp³-hybridized carbons (Fsp3) is 0.692. The lowest BCUT2D eigenvalue weighted by molar-refractivity contribution is 0.117. The van der Waals surface area contributed by atoms with E-state index in [0.29, 0.717) is 5.92 Å². The van der Waals surface area contributed by atoms with Crippen molar-refractivity contribution in [1.82, 2.24) is 0 Å². The van der Waals surface area contributed by atoms with Gasteiger partial charge in [0, 0.05) is 0 Å². The van der Waals surface area contributed by atoms with E-state index in [4.69, 9.17) is 0 Å². The lowest BCUT2D eigenvalue weighted by Gasteiger charge is -2.19. The summed E-state index contributed by atoms with van der Waals surface area (Å²) in [5, 5.41) is 9.96. The smallest absolute Gasteiger partial charge is 0.0606 e. The molecule has 0 aromatic carbocycles. The van der Waals surface area contributed by atoms with Crippen molar-refractivity contribution in [2.75, 3.05) is 0 Å². The van der Waals surface area contributed by atoms with Gasteiger partial charge in [0.15, 0.2) is 0 Å². The van der Waals surface area contributed by atoms with E-state index < -0.39 is 0 Å². The number of rotatable bonds is 6. The summed E-state index contributed by atoms with van der Waals surface area (Å²) in [7, 11) is 0. The van der Waals surface area contributed by atoms with Crippen molar-refractivity contribution in [1.29, 1.82) is 0 Å². The molecule has 0 saturated heterocycles. The van der Waals surface area contributed by atoms with E-state index in [-0.39, 0.29) is 6.10 Å². The first kappa shape index (κ1) is 15.2. The molecule has 0 amide bonds. The van der Waals surface area contributed by atoms with E-state index >= 15 is 0 Å². The van der Waals surface area contributed by atoms with Crippen LogP contribution in [0.5, 0.6) is 0 Å². The van der Waals surface area contributed by atoms with Gasteiger partial charge in [-0.2, -0.15) is 0 Å². The van der Waals surface area contributed by atoms with Gasteiger partial charge >= 0.3 is 0 Å². The molecule has 1 N–H and O–H groups in total. The van der Waals surface area contributed by atoms with Crippen LogP contribution in [-0.4, -0.2) is 11.2 Å². The van der Waals surface area contributed by atoms with Crippen LogP contribution in [0.4, 0.5) is 0 Å². The molecule has 0 aliphatic heterocycles. The number of aliphatic hydroxyl groups is 1. The Morgan fingerprint density at radius 3 is 2.33 bits per heavy atom. The third-order valence-electron chi connectivity index (χ3n) is 2.57. The van der Waals surface area contributed by atoms with Crippen molar-refractivity contribution < 1.29 is 5.11 Å². The van der Waals surface area contributed by atoms with E-state index in [1.165, 1.54) is 11.1 Å². The molecule has 0 spiro atoms. The Morgan fingerprint density at radius 2 is 1.87 bits per heavy atom. The molecular weight excluding hydrogens is 299 g/mol. The Bertz CT molecular complexity index is 231. The van der Waals surface area contributed by atoms with Crippen LogP contribution in [0.3, 0.4) is 0 Å². The van der Waals surface area contributed by atoms with Crippen molar-refractivity contribution in [2.45, 2.75) is 53.1 Å². The molecule has 0 unspecified atom stereocenters. The summed E-state index contributed by atoms with van der Waals surface area (Å²) in [6.07, 6.45) is 4.91. The predicted molar refractivity (Wildman–Crippen MR) is 76.2 cm³/mol. The Balaban J connectivity index is 4.09. The van der Waals surface area contributed by atoms with Crippen molar-refractivity contribution in [3.8, 4) is 0 Å². The van der Waals surface area contributed by atoms with Crippen LogP contribution in [0.1, 0.15) is 47.0 Å². The van der Waals surface area contributed by atoms with Gasteiger partial charge in [0.25, 0.3) is 0 Å². The van der Waals surface area contributed by atoms with Gasteiger partial charge in [0.05, 0.1) is 6.10 Å².